The number of carbonyl (C=O) groups is 1. The third-order valence-corrected chi connectivity index (χ3v) is 4.46. The van der Waals surface area contributed by atoms with Gasteiger partial charge in [-0.2, -0.15) is 0 Å². The molecule has 150 valence electrons. The predicted octanol–water partition coefficient (Wildman–Crippen LogP) is 4.05. The van der Waals surface area contributed by atoms with E-state index in [0.29, 0.717) is 13.2 Å². The van der Waals surface area contributed by atoms with Gasteiger partial charge in [0.15, 0.2) is 0 Å². The zero-order valence-corrected chi connectivity index (χ0v) is 16.6. The molecule has 0 spiro atoms. The van der Waals surface area contributed by atoms with Gasteiger partial charge in [0.25, 0.3) is 0 Å². The minimum absolute atomic E-state index is 0.0516. The lowest BCUT2D eigenvalue weighted by molar-refractivity contribution is -0.119. The van der Waals surface area contributed by atoms with Gasteiger partial charge >= 0.3 is 0 Å². The van der Waals surface area contributed by atoms with E-state index in [1.165, 1.54) is 0 Å². The summed E-state index contributed by atoms with van der Waals surface area (Å²) in [6.07, 6.45) is 0.725. The smallest absolute Gasteiger partial charge is 0.239 e. The number of nitrogens with one attached hydrogen (secondary N) is 2. The summed E-state index contributed by atoms with van der Waals surface area (Å²) in [5.74, 6) is 1.58. The van der Waals surface area contributed by atoms with Crippen LogP contribution in [0.1, 0.15) is 11.1 Å². The van der Waals surface area contributed by atoms with Crippen molar-refractivity contribution >= 4 is 11.6 Å². The van der Waals surface area contributed by atoms with E-state index in [0.717, 1.165) is 34.7 Å². The largest absolute Gasteiger partial charge is 0.496 e. The molecule has 0 aliphatic heterocycles. The van der Waals surface area contributed by atoms with E-state index in [2.05, 4.69) is 10.6 Å². The first-order chi connectivity index (χ1) is 14.2. The Bertz CT molecular complexity index is 896. The van der Waals surface area contributed by atoms with E-state index in [1.807, 2.05) is 78.9 Å². The van der Waals surface area contributed by atoms with Gasteiger partial charge in [0.1, 0.15) is 18.1 Å². The van der Waals surface area contributed by atoms with Crippen LogP contribution < -0.4 is 20.1 Å². The van der Waals surface area contributed by atoms with Crippen LogP contribution in [-0.4, -0.2) is 26.1 Å². The molecule has 0 unspecified atom stereocenters. The molecule has 0 radical (unpaired) electrons. The van der Waals surface area contributed by atoms with Crippen molar-refractivity contribution < 1.29 is 14.3 Å². The van der Waals surface area contributed by atoms with Crippen molar-refractivity contribution in [2.75, 3.05) is 25.5 Å². The van der Waals surface area contributed by atoms with Gasteiger partial charge in [-0.1, -0.05) is 48.5 Å². The summed E-state index contributed by atoms with van der Waals surface area (Å²) in [4.78, 5) is 12.1. The maximum atomic E-state index is 12.1. The molecule has 0 aromatic heterocycles. The van der Waals surface area contributed by atoms with Crippen molar-refractivity contribution in [1.29, 1.82) is 0 Å². The number of para-hydroxylation sites is 1. The third-order valence-electron chi connectivity index (χ3n) is 4.46. The Morgan fingerprint density at radius 3 is 2.38 bits per heavy atom. The van der Waals surface area contributed by atoms with Crippen molar-refractivity contribution in [2.24, 2.45) is 0 Å². The minimum atomic E-state index is -0.0516. The molecule has 29 heavy (non-hydrogen) atoms. The maximum absolute atomic E-state index is 12.1. The Hall–Kier alpha value is -3.47. The monoisotopic (exact) mass is 390 g/mol. The lowest BCUT2D eigenvalue weighted by atomic mass is 10.1. The van der Waals surface area contributed by atoms with Crippen LogP contribution in [0.2, 0.25) is 0 Å². The zero-order chi connectivity index (χ0) is 20.3. The Balaban J connectivity index is 1.37. The fourth-order valence-electron chi connectivity index (χ4n) is 2.90. The Morgan fingerprint density at radius 2 is 1.62 bits per heavy atom. The average Bonchev–Trinajstić information content (AvgIpc) is 2.78. The summed E-state index contributed by atoms with van der Waals surface area (Å²) in [6, 6.07) is 25.5. The van der Waals surface area contributed by atoms with Crippen LogP contribution in [0.15, 0.2) is 78.9 Å². The van der Waals surface area contributed by atoms with Crippen LogP contribution in [0, 0.1) is 0 Å². The average molecular weight is 390 g/mol. The Labute approximate surface area is 171 Å². The molecule has 0 saturated heterocycles. The summed E-state index contributed by atoms with van der Waals surface area (Å²) in [7, 11) is 1.65. The number of hydrogen-bond donors (Lipinski definition) is 2. The second-order valence-electron chi connectivity index (χ2n) is 6.56. The molecule has 5 nitrogen and oxygen atoms in total. The first kappa shape index (κ1) is 20.3. The van der Waals surface area contributed by atoms with Gasteiger partial charge in [-0.25, -0.2) is 0 Å². The zero-order valence-electron chi connectivity index (χ0n) is 16.6. The van der Waals surface area contributed by atoms with E-state index in [4.69, 9.17) is 9.47 Å². The number of rotatable bonds is 10. The molecule has 0 aliphatic rings. The molecule has 0 fully saturated rings. The number of methoxy groups -OCH3 is 1. The Morgan fingerprint density at radius 1 is 0.897 bits per heavy atom. The van der Waals surface area contributed by atoms with Crippen LogP contribution in [-0.2, 0) is 17.8 Å². The van der Waals surface area contributed by atoms with Gasteiger partial charge in [-0.15, -0.1) is 0 Å². The first-order valence-electron chi connectivity index (χ1n) is 9.64. The molecule has 3 rings (SSSR count). The van der Waals surface area contributed by atoms with E-state index < -0.39 is 0 Å². The van der Waals surface area contributed by atoms with Crippen LogP contribution in [0.25, 0.3) is 0 Å². The molecule has 0 bridgehead atoms. The van der Waals surface area contributed by atoms with E-state index in [-0.39, 0.29) is 12.5 Å². The van der Waals surface area contributed by atoms with E-state index in [1.54, 1.807) is 7.11 Å². The summed E-state index contributed by atoms with van der Waals surface area (Å²) in [5, 5.41) is 6.05. The van der Waals surface area contributed by atoms with Crippen LogP contribution in [0.4, 0.5) is 5.69 Å². The number of amides is 1. The quantitative estimate of drug-likeness (QED) is 0.548. The molecular weight excluding hydrogens is 364 g/mol. The standard InChI is InChI=1S/C24H26N2O3/c1-28-23-10-6-5-9-20(23)15-16-25-24(27)17-26-21-11-13-22(14-12-21)29-18-19-7-3-2-4-8-19/h2-14,26H,15-18H2,1H3,(H,25,27). The normalized spacial score (nSPS) is 10.2. The fourth-order valence-corrected chi connectivity index (χ4v) is 2.90. The van der Waals surface area contributed by atoms with Crippen molar-refractivity contribution in [3.05, 3.63) is 90.0 Å². The highest BCUT2D eigenvalue weighted by atomic mass is 16.5. The number of anilines is 1. The molecule has 0 heterocycles. The van der Waals surface area contributed by atoms with Gasteiger partial charge in [0.05, 0.1) is 13.7 Å². The number of ether oxygens (including phenoxy) is 2. The number of benzene rings is 3. The molecule has 1 amide bonds. The second-order valence-corrected chi connectivity index (χ2v) is 6.56. The topological polar surface area (TPSA) is 59.6 Å². The van der Waals surface area contributed by atoms with Crippen molar-refractivity contribution in [3.63, 3.8) is 0 Å². The summed E-state index contributed by atoms with van der Waals surface area (Å²) >= 11 is 0. The molecule has 3 aromatic rings. The molecule has 0 atom stereocenters. The van der Waals surface area contributed by atoms with Crippen LogP contribution >= 0.6 is 0 Å². The van der Waals surface area contributed by atoms with Gasteiger partial charge in [0.2, 0.25) is 5.91 Å². The van der Waals surface area contributed by atoms with Crippen molar-refractivity contribution in [2.45, 2.75) is 13.0 Å². The van der Waals surface area contributed by atoms with Crippen LogP contribution in [0.3, 0.4) is 0 Å². The highest BCUT2D eigenvalue weighted by Gasteiger charge is 2.04. The number of carbonyl (C=O) groups excluding carboxylic acids is 1. The van der Waals surface area contributed by atoms with Crippen molar-refractivity contribution in [3.8, 4) is 11.5 Å². The highest BCUT2D eigenvalue weighted by molar-refractivity contribution is 5.80. The Kier molecular flexibility index (Phi) is 7.52. The van der Waals surface area contributed by atoms with Gasteiger partial charge in [0, 0.05) is 12.2 Å². The molecule has 5 heteroatoms. The van der Waals surface area contributed by atoms with Gasteiger partial charge < -0.3 is 20.1 Å². The SMILES string of the molecule is COc1ccccc1CCNC(=O)CNc1ccc(OCc2ccccc2)cc1. The molecule has 2 N–H and O–H groups in total. The molecule has 3 aromatic carbocycles. The summed E-state index contributed by atoms with van der Waals surface area (Å²) in [5.41, 5.74) is 3.07. The maximum Gasteiger partial charge on any atom is 0.239 e. The lowest BCUT2D eigenvalue weighted by Gasteiger charge is -2.11. The lowest BCUT2D eigenvalue weighted by Crippen LogP contribution is -2.31. The van der Waals surface area contributed by atoms with Gasteiger partial charge in [-0.3, -0.25) is 4.79 Å². The summed E-state index contributed by atoms with van der Waals surface area (Å²) in [6.45, 7) is 1.31. The van der Waals surface area contributed by atoms with Crippen LogP contribution in [0.5, 0.6) is 11.5 Å². The predicted molar refractivity (Wildman–Crippen MR) is 115 cm³/mol. The highest BCUT2D eigenvalue weighted by Crippen LogP contribution is 2.18. The molecular formula is C24H26N2O3. The summed E-state index contributed by atoms with van der Waals surface area (Å²) < 4.78 is 11.1. The minimum Gasteiger partial charge on any atom is -0.496 e. The van der Waals surface area contributed by atoms with E-state index in [9.17, 15) is 4.79 Å². The van der Waals surface area contributed by atoms with E-state index >= 15 is 0 Å². The van der Waals surface area contributed by atoms with Gasteiger partial charge in [-0.05, 0) is 47.9 Å². The molecule has 0 aliphatic carbocycles. The first-order valence-corrected chi connectivity index (χ1v) is 9.64. The fraction of sp³-hybridized carbons (Fsp3) is 0.208. The third kappa shape index (κ3) is 6.57. The van der Waals surface area contributed by atoms with Crippen molar-refractivity contribution in [1.82, 2.24) is 5.32 Å². The molecule has 0 saturated carbocycles. The second kappa shape index (κ2) is 10.8. The number of hydrogen-bond acceptors (Lipinski definition) is 4.